The van der Waals surface area contributed by atoms with E-state index in [0.29, 0.717) is 3.79 Å². The van der Waals surface area contributed by atoms with Crippen LogP contribution in [-0.4, -0.2) is 37.2 Å². The van der Waals surface area contributed by atoms with Gasteiger partial charge in [0.25, 0.3) is 10.0 Å². The van der Waals surface area contributed by atoms with Gasteiger partial charge in [-0.25, -0.2) is 8.42 Å². The molecule has 1 atom stereocenters. The molecule has 0 bridgehead atoms. The van der Waals surface area contributed by atoms with Gasteiger partial charge in [-0.3, -0.25) is 4.79 Å². The summed E-state index contributed by atoms with van der Waals surface area (Å²) in [6, 6.07) is -0.394. The molecule has 3 N–H and O–H groups in total. The summed E-state index contributed by atoms with van der Waals surface area (Å²) in [6.07, 6.45) is 0. The molecule has 1 aromatic heterocycles. The van der Waals surface area contributed by atoms with Crippen LogP contribution >= 0.6 is 38.9 Å². The number of carbonyl (C=O) groups is 1. The Morgan fingerprint density at radius 3 is 2.59 bits per heavy atom. The molecule has 0 aliphatic heterocycles. The maximum Gasteiger partial charge on any atom is 0.324 e. The lowest BCUT2D eigenvalue weighted by atomic mass is 10.3. The van der Waals surface area contributed by atoms with Crippen molar-refractivity contribution in [2.24, 2.45) is 0 Å². The molecule has 10 heteroatoms. The molecule has 0 aromatic carbocycles. The van der Waals surface area contributed by atoms with E-state index >= 15 is 0 Å². The molecule has 0 saturated carbocycles. The molecule has 1 aromatic rings. The molecule has 0 fully saturated rings. The van der Waals surface area contributed by atoms with Crippen molar-refractivity contribution in [3.05, 3.63) is 14.9 Å². The summed E-state index contributed by atoms with van der Waals surface area (Å²) in [5, 5.41) is 17.6. The van der Waals surface area contributed by atoms with Crippen LogP contribution in [0.25, 0.3) is 0 Å². The van der Waals surface area contributed by atoms with Crippen LogP contribution in [0.15, 0.2) is 14.1 Å². The standard InChI is InChI=1S/C7H7BrClNO5S2/c8-6-3(9)1-5(16-6)17(14,15)10-4(2-11)7(12)13/h1,4,10-11H,2H2,(H,12,13). The van der Waals surface area contributed by atoms with Gasteiger partial charge in [0.05, 0.1) is 15.4 Å². The van der Waals surface area contributed by atoms with Crippen LogP contribution < -0.4 is 4.72 Å². The third-order valence-electron chi connectivity index (χ3n) is 1.67. The van der Waals surface area contributed by atoms with Gasteiger partial charge in [0.2, 0.25) is 0 Å². The fourth-order valence-corrected chi connectivity index (χ4v) is 4.47. The second-order valence-corrected chi connectivity index (χ2v) is 7.60. The normalized spacial score (nSPS) is 13.6. The van der Waals surface area contributed by atoms with E-state index in [-0.39, 0.29) is 9.23 Å². The Bertz CT molecular complexity index is 509. The summed E-state index contributed by atoms with van der Waals surface area (Å²) < 4.78 is 25.6. The topological polar surface area (TPSA) is 104 Å². The first-order valence-corrected chi connectivity index (χ1v) is 7.56. The molecule has 1 rings (SSSR count). The molecule has 0 saturated heterocycles. The zero-order valence-electron chi connectivity index (χ0n) is 8.05. The van der Waals surface area contributed by atoms with Crippen molar-refractivity contribution in [1.29, 1.82) is 0 Å². The number of aliphatic carboxylic acids is 1. The minimum Gasteiger partial charge on any atom is -0.480 e. The van der Waals surface area contributed by atoms with E-state index < -0.39 is 28.6 Å². The summed E-state index contributed by atoms with van der Waals surface area (Å²) >= 11 is 9.57. The summed E-state index contributed by atoms with van der Waals surface area (Å²) in [5.74, 6) is -1.46. The number of hydrogen-bond donors (Lipinski definition) is 3. The second-order valence-electron chi connectivity index (χ2n) is 2.88. The number of thiophene rings is 1. The Balaban J connectivity index is 3.00. The van der Waals surface area contributed by atoms with Gasteiger partial charge < -0.3 is 10.2 Å². The van der Waals surface area contributed by atoms with Gasteiger partial charge >= 0.3 is 5.97 Å². The maximum absolute atomic E-state index is 11.7. The first kappa shape index (κ1) is 14.9. The van der Waals surface area contributed by atoms with Crippen LogP contribution in [0.2, 0.25) is 5.02 Å². The molecule has 1 heterocycles. The van der Waals surface area contributed by atoms with E-state index in [1.807, 2.05) is 4.72 Å². The van der Waals surface area contributed by atoms with Crippen LogP contribution in [0, 0.1) is 0 Å². The first-order chi connectivity index (χ1) is 7.77. The highest BCUT2D eigenvalue weighted by Crippen LogP contribution is 2.34. The highest BCUT2D eigenvalue weighted by Gasteiger charge is 2.26. The first-order valence-electron chi connectivity index (χ1n) is 4.08. The Labute approximate surface area is 114 Å². The zero-order chi connectivity index (χ0) is 13.2. The fraction of sp³-hybridized carbons (Fsp3) is 0.286. The van der Waals surface area contributed by atoms with Crippen LogP contribution in [0.5, 0.6) is 0 Å². The molecule has 17 heavy (non-hydrogen) atoms. The van der Waals surface area contributed by atoms with Gasteiger partial charge in [-0.15, -0.1) is 11.3 Å². The monoisotopic (exact) mass is 363 g/mol. The number of rotatable bonds is 5. The van der Waals surface area contributed by atoms with Crippen molar-refractivity contribution in [2.45, 2.75) is 10.3 Å². The highest BCUT2D eigenvalue weighted by atomic mass is 79.9. The van der Waals surface area contributed by atoms with E-state index in [1.54, 1.807) is 0 Å². The molecular weight excluding hydrogens is 358 g/mol. The van der Waals surface area contributed by atoms with Crippen molar-refractivity contribution in [1.82, 2.24) is 4.72 Å². The molecule has 1 unspecified atom stereocenters. The maximum atomic E-state index is 11.7. The number of halogens is 2. The quantitative estimate of drug-likeness (QED) is 0.720. The molecule has 0 radical (unpaired) electrons. The lowest BCUT2D eigenvalue weighted by Crippen LogP contribution is -2.42. The number of aliphatic hydroxyl groups excluding tert-OH is 1. The van der Waals surface area contributed by atoms with Gasteiger partial charge in [-0.2, -0.15) is 4.72 Å². The lowest BCUT2D eigenvalue weighted by molar-refractivity contribution is -0.139. The van der Waals surface area contributed by atoms with Crippen molar-refractivity contribution in [3.8, 4) is 0 Å². The minimum atomic E-state index is -4.01. The average molecular weight is 365 g/mol. The smallest absolute Gasteiger partial charge is 0.324 e. The summed E-state index contributed by atoms with van der Waals surface area (Å²) in [5.41, 5.74) is 0. The number of nitrogens with one attached hydrogen (secondary N) is 1. The predicted octanol–water partition coefficient (Wildman–Crippen LogP) is 0.888. The van der Waals surface area contributed by atoms with Crippen LogP contribution in [0.1, 0.15) is 0 Å². The predicted molar refractivity (Wildman–Crippen MR) is 65.9 cm³/mol. The summed E-state index contributed by atoms with van der Waals surface area (Å²) in [4.78, 5) is 10.6. The molecule has 0 aliphatic carbocycles. The molecule has 0 amide bonds. The van der Waals surface area contributed by atoms with Gasteiger partial charge in [0, 0.05) is 0 Å². The van der Waals surface area contributed by atoms with Crippen molar-refractivity contribution in [3.63, 3.8) is 0 Å². The summed E-state index contributed by atoms with van der Waals surface area (Å²) in [6.45, 7) is -0.838. The number of carboxylic acids is 1. The average Bonchev–Trinajstić information content (AvgIpc) is 2.56. The van der Waals surface area contributed by atoms with E-state index in [9.17, 15) is 13.2 Å². The number of hydrogen-bond acceptors (Lipinski definition) is 5. The van der Waals surface area contributed by atoms with Crippen molar-refractivity contribution in [2.75, 3.05) is 6.61 Å². The second kappa shape index (κ2) is 5.63. The SMILES string of the molecule is O=C(O)C(CO)NS(=O)(=O)c1cc(Cl)c(Br)s1. The molecule has 0 spiro atoms. The van der Waals surface area contributed by atoms with Crippen molar-refractivity contribution >= 4 is 54.9 Å². The van der Waals surface area contributed by atoms with Gasteiger partial charge in [-0.05, 0) is 22.0 Å². The Hall–Kier alpha value is -0.190. The Morgan fingerprint density at radius 1 is 1.65 bits per heavy atom. The van der Waals surface area contributed by atoms with Crippen LogP contribution in [0.4, 0.5) is 0 Å². The number of aliphatic hydroxyl groups is 1. The van der Waals surface area contributed by atoms with Gasteiger partial charge in [0.15, 0.2) is 0 Å². The largest absolute Gasteiger partial charge is 0.480 e. The third-order valence-corrected chi connectivity index (χ3v) is 6.09. The molecule has 96 valence electrons. The van der Waals surface area contributed by atoms with Crippen LogP contribution in [0.3, 0.4) is 0 Å². The zero-order valence-corrected chi connectivity index (χ0v) is 12.0. The highest BCUT2D eigenvalue weighted by molar-refractivity contribution is 9.11. The lowest BCUT2D eigenvalue weighted by Gasteiger charge is -2.10. The number of carboxylic acid groups (broad SMARTS) is 1. The molecule has 6 nitrogen and oxygen atoms in total. The Kier molecular flexibility index (Phi) is 4.93. The third kappa shape index (κ3) is 3.63. The van der Waals surface area contributed by atoms with Gasteiger partial charge in [0.1, 0.15) is 10.3 Å². The van der Waals surface area contributed by atoms with E-state index in [4.69, 9.17) is 21.8 Å². The summed E-state index contributed by atoms with van der Waals surface area (Å²) in [7, 11) is -4.01. The number of sulfonamides is 1. The van der Waals surface area contributed by atoms with Crippen LogP contribution in [-0.2, 0) is 14.8 Å². The van der Waals surface area contributed by atoms with E-state index in [2.05, 4.69) is 15.9 Å². The van der Waals surface area contributed by atoms with Crippen molar-refractivity contribution < 1.29 is 23.4 Å². The molecule has 0 aliphatic rings. The fourth-order valence-electron chi connectivity index (χ4n) is 0.870. The van der Waals surface area contributed by atoms with E-state index in [1.165, 1.54) is 6.07 Å². The Morgan fingerprint density at radius 2 is 2.24 bits per heavy atom. The van der Waals surface area contributed by atoms with E-state index in [0.717, 1.165) is 11.3 Å². The molecular formula is C7H7BrClNO5S2. The minimum absolute atomic E-state index is 0.130. The van der Waals surface area contributed by atoms with Gasteiger partial charge in [-0.1, -0.05) is 11.6 Å².